The van der Waals surface area contributed by atoms with Crippen LogP contribution in [0.3, 0.4) is 0 Å². The maximum atomic E-state index is 12.2. The number of pyridine rings is 2. The van der Waals surface area contributed by atoms with Crippen LogP contribution in [0.5, 0.6) is 5.75 Å². The largest absolute Gasteiger partial charge is 0.507 e. The molecule has 0 saturated heterocycles. The summed E-state index contributed by atoms with van der Waals surface area (Å²) in [6.45, 7) is 3.29. The van der Waals surface area contributed by atoms with Gasteiger partial charge in [-0.25, -0.2) is 0 Å². The number of carbonyl (C=O) groups is 1. The first-order chi connectivity index (χ1) is 9.00. The van der Waals surface area contributed by atoms with Crippen LogP contribution in [0.1, 0.15) is 28.5 Å². The first kappa shape index (κ1) is 13.0. The molecular weight excluding hydrogens is 244 g/mol. The number of aromatic hydroxyl groups is 1. The minimum Gasteiger partial charge on any atom is -0.507 e. The van der Waals surface area contributed by atoms with Gasteiger partial charge in [-0.05, 0) is 25.5 Å². The van der Waals surface area contributed by atoms with Gasteiger partial charge in [0.15, 0.2) is 5.78 Å². The van der Waals surface area contributed by atoms with Crippen LogP contribution in [-0.4, -0.2) is 20.4 Å². The Morgan fingerprint density at radius 3 is 2.79 bits per heavy atom. The number of rotatable bonds is 3. The van der Waals surface area contributed by atoms with E-state index in [1.165, 1.54) is 17.6 Å². The van der Waals surface area contributed by atoms with E-state index in [0.717, 1.165) is 5.56 Å². The Kier molecular flexibility index (Phi) is 3.46. The van der Waals surface area contributed by atoms with Gasteiger partial charge in [0.05, 0.1) is 6.54 Å². The fourth-order valence-electron chi connectivity index (χ4n) is 1.95. The molecule has 0 atom stereocenters. The predicted octanol–water partition coefficient (Wildman–Crippen LogP) is 1.51. The molecule has 0 amide bonds. The van der Waals surface area contributed by atoms with Gasteiger partial charge in [0.2, 0.25) is 0 Å². The highest BCUT2D eigenvalue weighted by Crippen LogP contribution is 2.15. The third-order valence-corrected chi connectivity index (χ3v) is 2.90. The van der Waals surface area contributed by atoms with Crippen molar-refractivity contribution < 1.29 is 9.90 Å². The van der Waals surface area contributed by atoms with E-state index in [1.807, 2.05) is 6.07 Å². The second kappa shape index (κ2) is 5.06. The van der Waals surface area contributed by atoms with Gasteiger partial charge in [0.1, 0.15) is 11.3 Å². The molecule has 0 aliphatic heterocycles. The number of hydrogen-bond acceptors (Lipinski definition) is 4. The highest BCUT2D eigenvalue weighted by atomic mass is 16.3. The molecule has 0 aromatic carbocycles. The van der Waals surface area contributed by atoms with Crippen molar-refractivity contribution in [1.29, 1.82) is 0 Å². The fraction of sp³-hybridized carbons (Fsp3) is 0.214. The number of aryl methyl sites for hydroxylation is 1. The molecule has 2 aromatic heterocycles. The van der Waals surface area contributed by atoms with Crippen molar-refractivity contribution in [2.45, 2.75) is 20.4 Å². The third-order valence-electron chi connectivity index (χ3n) is 2.90. The molecule has 0 bridgehead atoms. The summed E-state index contributed by atoms with van der Waals surface area (Å²) in [7, 11) is 0. The Hall–Kier alpha value is -2.43. The van der Waals surface area contributed by atoms with Crippen molar-refractivity contribution in [3.05, 3.63) is 57.8 Å². The van der Waals surface area contributed by atoms with Crippen LogP contribution in [0.25, 0.3) is 0 Å². The van der Waals surface area contributed by atoms with E-state index in [-0.39, 0.29) is 11.3 Å². The molecule has 2 aromatic rings. The van der Waals surface area contributed by atoms with Crippen LogP contribution < -0.4 is 5.56 Å². The first-order valence-electron chi connectivity index (χ1n) is 5.84. The highest BCUT2D eigenvalue weighted by Gasteiger charge is 2.16. The zero-order valence-corrected chi connectivity index (χ0v) is 10.8. The van der Waals surface area contributed by atoms with Crippen molar-refractivity contribution in [1.82, 2.24) is 9.55 Å². The summed E-state index contributed by atoms with van der Waals surface area (Å²) in [6.07, 6.45) is 3.31. The zero-order chi connectivity index (χ0) is 14.0. The van der Waals surface area contributed by atoms with Gasteiger partial charge in [-0.1, -0.05) is 6.07 Å². The molecule has 0 aliphatic carbocycles. The normalized spacial score (nSPS) is 10.4. The van der Waals surface area contributed by atoms with E-state index in [4.69, 9.17) is 0 Å². The topological polar surface area (TPSA) is 72.2 Å². The Morgan fingerprint density at radius 2 is 2.21 bits per heavy atom. The lowest BCUT2D eigenvalue weighted by Gasteiger charge is -2.12. The van der Waals surface area contributed by atoms with Gasteiger partial charge in [-0.3, -0.25) is 14.6 Å². The summed E-state index contributed by atoms with van der Waals surface area (Å²) in [6, 6.07) is 5.05. The number of hydrogen-bond donors (Lipinski definition) is 1. The quantitative estimate of drug-likeness (QED) is 0.847. The molecule has 0 aliphatic rings. The molecule has 0 fully saturated rings. The second-order valence-electron chi connectivity index (χ2n) is 4.35. The van der Waals surface area contributed by atoms with Gasteiger partial charge in [0.25, 0.3) is 5.56 Å². The molecule has 5 nitrogen and oxygen atoms in total. The number of nitrogens with zero attached hydrogens (tertiary/aromatic N) is 2. The van der Waals surface area contributed by atoms with E-state index in [9.17, 15) is 14.7 Å². The van der Waals surface area contributed by atoms with Crippen LogP contribution >= 0.6 is 0 Å². The van der Waals surface area contributed by atoms with Gasteiger partial charge >= 0.3 is 0 Å². The molecule has 19 heavy (non-hydrogen) atoms. The van der Waals surface area contributed by atoms with E-state index in [1.54, 1.807) is 25.4 Å². The van der Waals surface area contributed by atoms with Gasteiger partial charge < -0.3 is 9.67 Å². The number of ketones is 1. The minimum absolute atomic E-state index is 0.172. The Labute approximate surface area is 110 Å². The highest BCUT2D eigenvalue weighted by molar-refractivity contribution is 5.96. The van der Waals surface area contributed by atoms with Gasteiger partial charge in [-0.2, -0.15) is 0 Å². The molecule has 0 saturated carbocycles. The maximum Gasteiger partial charge on any atom is 0.265 e. The first-order valence-corrected chi connectivity index (χ1v) is 5.84. The van der Waals surface area contributed by atoms with Gasteiger partial charge in [0, 0.05) is 24.2 Å². The van der Waals surface area contributed by atoms with Crippen LogP contribution in [0.4, 0.5) is 0 Å². The minimum atomic E-state index is -0.478. The Morgan fingerprint density at radius 1 is 1.47 bits per heavy atom. The second-order valence-corrected chi connectivity index (χ2v) is 4.35. The summed E-state index contributed by atoms with van der Waals surface area (Å²) < 4.78 is 1.45. The smallest absolute Gasteiger partial charge is 0.265 e. The molecule has 5 heteroatoms. The van der Waals surface area contributed by atoms with Crippen LogP contribution in [0.2, 0.25) is 0 Å². The monoisotopic (exact) mass is 258 g/mol. The SMILES string of the molecule is CC(=O)c1c(O)cc(C)n(Cc2cccnc2)c1=O. The number of aromatic nitrogens is 2. The van der Waals surface area contributed by atoms with Crippen molar-refractivity contribution in [2.24, 2.45) is 0 Å². The predicted molar refractivity (Wildman–Crippen MR) is 70.4 cm³/mol. The lowest BCUT2D eigenvalue weighted by molar-refractivity contribution is 0.101. The van der Waals surface area contributed by atoms with Crippen molar-refractivity contribution in [2.75, 3.05) is 0 Å². The Bertz CT molecular complexity index is 675. The average molecular weight is 258 g/mol. The fourth-order valence-corrected chi connectivity index (χ4v) is 1.95. The summed E-state index contributed by atoms with van der Waals surface area (Å²) in [4.78, 5) is 27.6. The third kappa shape index (κ3) is 2.54. The molecule has 98 valence electrons. The van der Waals surface area contributed by atoms with Crippen LogP contribution in [0, 0.1) is 6.92 Å². The van der Waals surface area contributed by atoms with Crippen LogP contribution in [-0.2, 0) is 6.54 Å². The van der Waals surface area contributed by atoms with E-state index in [0.29, 0.717) is 12.2 Å². The molecular formula is C14H14N2O3. The molecule has 1 N–H and O–H groups in total. The molecule has 2 heterocycles. The standard InChI is InChI=1S/C14H14N2O3/c1-9-6-12(18)13(10(2)17)14(19)16(9)8-11-4-3-5-15-7-11/h3-7,18H,8H2,1-2H3. The van der Waals surface area contributed by atoms with Crippen molar-refractivity contribution >= 4 is 5.78 Å². The van der Waals surface area contributed by atoms with Gasteiger partial charge in [-0.15, -0.1) is 0 Å². The van der Waals surface area contributed by atoms with Crippen LogP contribution in [0.15, 0.2) is 35.4 Å². The summed E-state index contributed by atoms with van der Waals surface area (Å²) in [5, 5.41) is 9.69. The summed E-state index contributed by atoms with van der Waals surface area (Å²) in [5.41, 5.74) is 0.799. The molecule has 2 rings (SSSR count). The number of carbonyl (C=O) groups excluding carboxylic acids is 1. The lowest BCUT2D eigenvalue weighted by Crippen LogP contribution is -2.27. The average Bonchev–Trinajstić information content (AvgIpc) is 2.35. The van der Waals surface area contributed by atoms with E-state index >= 15 is 0 Å². The summed E-state index contributed by atoms with van der Waals surface area (Å²) in [5.74, 6) is -0.708. The van der Waals surface area contributed by atoms with E-state index < -0.39 is 11.3 Å². The molecule has 0 spiro atoms. The number of Topliss-reactive ketones (excluding diaryl/α,β-unsaturated/α-hetero) is 1. The van der Waals surface area contributed by atoms with Crippen molar-refractivity contribution in [3.8, 4) is 5.75 Å². The lowest BCUT2D eigenvalue weighted by atomic mass is 10.1. The van der Waals surface area contributed by atoms with Crippen molar-refractivity contribution in [3.63, 3.8) is 0 Å². The molecule has 0 radical (unpaired) electrons. The Balaban J connectivity index is 2.55. The summed E-state index contributed by atoms with van der Waals surface area (Å²) >= 11 is 0. The zero-order valence-electron chi connectivity index (χ0n) is 10.8. The maximum absolute atomic E-state index is 12.2. The van der Waals surface area contributed by atoms with E-state index in [2.05, 4.69) is 4.98 Å². The molecule has 0 unspecified atom stereocenters.